The lowest BCUT2D eigenvalue weighted by Crippen LogP contribution is -2.05. The molecule has 0 fully saturated rings. The molecule has 5 aromatic rings. The predicted octanol–water partition coefficient (Wildman–Crippen LogP) is 5.80. The van der Waals surface area contributed by atoms with Gasteiger partial charge in [-0.15, -0.1) is 0 Å². The Kier molecular flexibility index (Phi) is 6.37. The zero-order valence-electron chi connectivity index (χ0n) is 18.4. The maximum absolute atomic E-state index is 9.36. The summed E-state index contributed by atoms with van der Waals surface area (Å²) in [6.07, 6.45) is 4.97. The summed E-state index contributed by atoms with van der Waals surface area (Å²) in [5.41, 5.74) is 5.30. The van der Waals surface area contributed by atoms with Gasteiger partial charge in [0.2, 0.25) is 0 Å². The minimum atomic E-state index is 0.270. The maximum Gasteiger partial charge on any atom is 0.183 e. The van der Waals surface area contributed by atoms with Gasteiger partial charge in [-0.1, -0.05) is 41.4 Å². The van der Waals surface area contributed by atoms with E-state index in [-0.39, 0.29) is 6.54 Å². The highest BCUT2D eigenvalue weighted by Gasteiger charge is 2.19. The molecule has 0 bridgehead atoms. The lowest BCUT2D eigenvalue weighted by Gasteiger charge is -2.12. The van der Waals surface area contributed by atoms with Crippen LogP contribution in [0.5, 0.6) is 5.75 Å². The molecule has 0 unspecified atom stereocenters. The number of benzene rings is 2. The van der Waals surface area contributed by atoms with E-state index in [1.54, 1.807) is 42.5 Å². The summed E-state index contributed by atoms with van der Waals surface area (Å²) in [5, 5.41) is 19.0. The fraction of sp³-hybridized carbons (Fsp3) is 0.0833. The van der Waals surface area contributed by atoms with E-state index in [1.165, 1.54) is 0 Å². The van der Waals surface area contributed by atoms with E-state index in [2.05, 4.69) is 20.8 Å². The average Bonchev–Trinajstić information content (AvgIpc) is 3.26. The number of methoxy groups -OCH3 is 1. The van der Waals surface area contributed by atoms with Crippen LogP contribution in [0.15, 0.2) is 67.1 Å². The van der Waals surface area contributed by atoms with Crippen LogP contribution < -0.4 is 15.5 Å². The first-order chi connectivity index (χ1) is 17.1. The van der Waals surface area contributed by atoms with Gasteiger partial charge in [0.05, 0.1) is 36.1 Å². The van der Waals surface area contributed by atoms with Crippen LogP contribution in [0.1, 0.15) is 5.56 Å². The van der Waals surface area contributed by atoms with E-state index < -0.39 is 0 Å². The first-order valence-electron chi connectivity index (χ1n) is 10.5. The van der Waals surface area contributed by atoms with Crippen LogP contribution in [-0.4, -0.2) is 37.0 Å². The molecule has 3 N–H and O–H groups in total. The number of anilines is 3. The monoisotopic (exact) mass is 507 g/mol. The van der Waals surface area contributed by atoms with Crippen LogP contribution in [-0.2, 0) is 6.54 Å². The lowest BCUT2D eigenvalue weighted by atomic mass is 10.1. The summed E-state index contributed by atoms with van der Waals surface area (Å²) in [4.78, 5) is 13.2. The average molecular weight is 508 g/mol. The molecule has 35 heavy (non-hydrogen) atoms. The van der Waals surface area contributed by atoms with Gasteiger partial charge >= 0.3 is 0 Å². The minimum Gasteiger partial charge on any atom is -0.491 e. The summed E-state index contributed by atoms with van der Waals surface area (Å²) in [7, 11) is 1.56. The zero-order chi connectivity index (χ0) is 24.4. The van der Waals surface area contributed by atoms with Gasteiger partial charge in [0.25, 0.3) is 0 Å². The molecule has 0 radical (unpaired) electrons. The zero-order valence-corrected chi connectivity index (χ0v) is 19.9. The van der Waals surface area contributed by atoms with Crippen molar-refractivity contribution in [2.75, 3.05) is 17.9 Å². The van der Waals surface area contributed by atoms with Gasteiger partial charge in [-0.05, 0) is 30.3 Å². The quantitative estimate of drug-likeness (QED) is 0.237. The number of pyridine rings is 1. The summed E-state index contributed by atoms with van der Waals surface area (Å²) < 4.78 is 7.22. The van der Waals surface area contributed by atoms with Crippen molar-refractivity contribution in [1.82, 2.24) is 24.7 Å². The number of para-hydroxylation sites is 1. The molecule has 2 aromatic carbocycles. The lowest BCUT2D eigenvalue weighted by molar-refractivity contribution is 0.389. The molecule has 0 spiro atoms. The van der Waals surface area contributed by atoms with Crippen LogP contribution in [0.2, 0.25) is 10.0 Å². The maximum atomic E-state index is 9.36. The third kappa shape index (κ3) is 4.44. The molecule has 0 aliphatic rings. The van der Waals surface area contributed by atoms with Crippen molar-refractivity contribution >= 4 is 51.3 Å². The molecule has 3 aromatic heterocycles. The van der Waals surface area contributed by atoms with E-state index in [4.69, 9.17) is 38.0 Å². The van der Waals surface area contributed by atoms with Crippen molar-refractivity contribution in [3.8, 4) is 17.3 Å². The van der Waals surface area contributed by atoms with E-state index >= 15 is 0 Å². The van der Waals surface area contributed by atoms with Crippen molar-refractivity contribution in [2.45, 2.75) is 6.54 Å². The molecular weight excluding hydrogens is 489 g/mol. The molecule has 0 aliphatic carbocycles. The van der Waals surface area contributed by atoms with Crippen molar-refractivity contribution in [3.05, 3.63) is 82.7 Å². The van der Waals surface area contributed by atoms with E-state index in [9.17, 15) is 5.21 Å². The molecule has 0 saturated carbocycles. The Labute approximate surface area is 210 Å². The first-order valence-corrected chi connectivity index (χ1v) is 11.3. The van der Waals surface area contributed by atoms with Crippen molar-refractivity contribution in [3.63, 3.8) is 0 Å². The smallest absolute Gasteiger partial charge is 0.183 e. The number of aromatic nitrogens is 5. The number of ether oxygens (including phenoxy) is 1. The molecule has 0 saturated heterocycles. The van der Waals surface area contributed by atoms with E-state index in [1.807, 2.05) is 36.4 Å². The third-order valence-corrected chi connectivity index (χ3v) is 6.19. The summed E-state index contributed by atoms with van der Waals surface area (Å²) in [6, 6.07) is 14.7. The van der Waals surface area contributed by atoms with Crippen LogP contribution in [0.25, 0.3) is 22.4 Å². The predicted molar refractivity (Wildman–Crippen MR) is 136 cm³/mol. The van der Waals surface area contributed by atoms with Gasteiger partial charge in [-0.3, -0.25) is 20.4 Å². The molecule has 0 aliphatic heterocycles. The molecule has 9 nitrogen and oxygen atoms in total. The van der Waals surface area contributed by atoms with E-state index in [0.29, 0.717) is 44.4 Å². The largest absolute Gasteiger partial charge is 0.491 e. The second kappa shape index (κ2) is 9.75. The molecule has 176 valence electrons. The van der Waals surface area contributed by atoms with Gasteiger partial charge in [0.15, 0.2) is 17.4 Å². The van der Waals surface area contributed by atoms with Gasteiger partial charge in [-0.25, -0.2) is 9.97 Å². The first kappa shape index (κ1) is 22.9. The Balaban J connectivity index is 1.60. The molecule has 0 atom stereocenters. The minimum absolute atomic E-state index is 0.270. The van der Waals surface area contributed by atoms with E-state index in [0.717, 1.165) is 16.6 Å². The molecular formula is C24H19Cl2N7O2. The second-order valence-electron chi connectivity index (χ2n) is 7.49. The normalized spacial score (nSPS) is 11.0. The van der Waals surface area contributed by atoms with Crippen molar-refractivity contribution in [1.29, 1.82) is 0 Å². The molecule has 5 rings (SSSR count). The Morgan fingerprint density at radius 3 is 2.63 bits per heavy atom. The van der Waals surface area contributed by atoms with Crippen molar-refractivity contribution in [2.24, 2.45) is 0 Å². The summed E-state index contributed by atoms with van der Waals surface area (Å²) in [5.74, 6) is 1.40. The number of nitrogens with zero attached hydrogens (tertiary/aromatic N) is 5. The standard InChI is InChI=1S/C24H19Cl2N7O2/c1-35-20-12-28-24(30-23(20)29-14-8-10-27-11-9-14)22-15-4-2-3-5-19(15)33(31-22)13-16-17(25)6-7-18(32-34)21(16)26/h2-12,32,34H,13H2,1H3,(H,27,28,29,30). The topological polar surface area (TPSA) is 110 Å². The SMILES string of the molecule is COc1cnc(-c2nn(Cc3c(Cl)ccc(NO)c3Cl)c3ccccc23)nc1Nc1ccncc1. The van der Waals surface area contributed by atoms with Crippen LogP contribution >= 0.6 is 23.2 Å². The Morgan fingerprint density at radius 1 is 1.06 bits per heavy atom. The Bertz CT molecular complexity index is 1510. The second-order valence-corrected chi connectivity index (χ2v) is 8.28. The van der Waals surface area contributed by atoms with Gasteiger partial charge < -0.3 is 10.1 Å². The number of halogens is 2. The number of rotatable bonds is 7. The number of hydrogen-bond donors (Lipinski definition) is 3. The number of hydrogen-bond acceptors (Lipinski definition) is 8. The molecule has 3 heterocycles. The fourth-order valence-corrected chi connectivity index (χ4v) is 4.22. The fourth-order valence-electron chi connectivity index (χ4n) is 3.69. The molecule has 11 heteroatoms. The Morgan fingerprint density at radius 2 is 1.86 bits per heavy atom. The third-order valence-electron chi connectivity index (χ3n) is 5.40. The highest BCUT2D eigenvalue weighted by molar-refractivity contribution is 6.37. The van der Waals surface area contributed by atoms with Gasteiger partial charge in [0.1, 0.15) is 5.69 Å². The number of nitrogens with one attached hydrogen (secondary N) is 2. The molecule has 0 amide bonds. The van der Waals surface area contributed by atoms with Crippen LogP contribution in [0, 0.1) is 0 Å². The summed E-state index contributed by atoms with van der Waals surface area (Å²) >= 11 is 12.9. The summed E-state index contributed by atoms with van der Waals surface area (Å²) in [6.45, 7) is 0.270. The Hall–Kier alpha value is -3.92. The van der Waals surface area contributed by atoms with Crippen LogP contribution in [0.3, 0.4) is 0 Å². The highest BCUT2D eigenvalue weighted by atomic mass is 35.5. The number of fused-ring (bicyclic) bond motifs is 1. The van der Waals surface area contributed by atoms with Gasteiger partial charge in [-0.2, -0.15) is 5.10 Å². The van der Waals surface area contributed by atoms with Gasteiger partial charge in [0, 0.05) is 34.1 Å². The highest BCUT2D eigenvalue weighted by Crippen LogP contribution is 2.34. The van der Waals surface area contributed by atoms with Crippen LogP contribution in [0.4, 0.5) is 17.2 Å². The van der Waals surface area contributed by atoms with Crippen molar-refractivity contribution < 1.29 is 9.94 Å².